The third-order valence-corrected chi connectivity index (χ3v) is 3.87. The molecule has 2 unspecified atom stereocenters. The van der Waals surface area contributed by atoms with E-state index in [-0.39, 0.29) is 0 Å². The minimum Gasteiger partial charge on any atom is -0.313 e. The van der Waals surface area contributed by atoms with Crippen LogP contribution in [0.5, 0.6) is 0 Å². The van der Waals surface area contributed by atoms with Gasteiger partial charge in [0.25, 0.3) is 0 Å². The molecule has 84 valence electrons. The van der Waals surface area contributed by atoms with E-state index in [9.17, 15) is 0 Å². The first-order valence-electron chi connectivity index (χ1n) is 5.73. The second-order valence-corrected chi connectivity index (χ2v) is 5.68. The lowest BCUT2D eigenvalue weighted by molar-refractivity contribution is 0.177. The summed E-state index contributed by atoms with van der Waals surface area (Å²) in [6.07, 6.45) is 1.31. The Labute approximate surface area is 92.8 Å². The molecule has 1 rings (SSSR count). The molecular weight excluding hydrogens is 192 g/mol. The van der Waals surface area contributed by atoms with Crippen LogP contribution in [0.15, 0.2) is 0 Å². The lowest BCUT2D eigenvalue weighted by atomic mass is 9.94. The van der Waals surface area contributed by atoms with Crippen LogP contribution in [0.25, 0.3) is 0 Å². The van der Waals surface area contributed by atoms with Gasteiger partial charge in [-0.3, -0.25) is 0 Å². The third-order valence-electron chi connectivity index (χ3n) is 2.97. The van der Waals surface area contributed by atoms with Crippen molar-refractivity contribution < 1.29 is 0 Å². The molecule has 1 N–H and O–H groups in total. The van der Waals surface area contributed by atoms with Crippen LogP contribution in [0.2, 0.25) is 0 Å². The normalized spacial score (nSPS) is 29.4. The molecular formula is C11H24N2S. The van der Waals surface area contributed by atoms with Crippen molar-refractivity contribution in [3.05, 3.63) is 0 Å². The minimum absolute atomic E-state index is 0.753. The summed E-state index contributed by atoms with van der Waals surface area (Å²) >= 11 is 2.03. The molecule has 1 aliphatic heterocycles. The highest BCUT2D eigenvalue weighted by Crippen LogP contribution is 2.15. The maximum absolute atomic E-state index is 3.68. The van der Waals surface area contributed by atoms with E-state index in [1.165, 1.54) is 37.6 Å². The molecule has 2 atom stereocenters. The Kier molecular flexibility index (Phi) is 5.90. The number of thioether (sulfide) groups is 1. The van der Waals surface area contributed by atoms with Crippen molar-refractivity contribution in [3.63, 3.8) is 0 Å². The van der Waals surface area contributed by atoms with Crippen LogP contribution < -0.4 is 5.32 Å². The molecule has 0 amide bonds. The van der Waals surface area contributed by atoms with Crippen LogP contribution >= 0.6 is 11.8 Å². The Morgan fingerprint density at radius 2 is 2.29 bits per heavy atom. The molecule has 0 radical (unpaired) electrons. The van der Waals surface area contributed by atoms with Crippen molar-refractivity contribution in [3.8, 4) is 0 Å². The Morgan fingerprint density at radius 1 is 1.50 bits per heavy atom. The molecule has 0 aromatic carbocycles. The van der Waals surface area contributed by atoms with Crippen molar-refractivity contribution in [2.24, 2.45) is 5.92 Å². The number of likely N-dealkylation sites (tertiary alicyclic amines) is 1. The fourth-order valence-electron chi connectivity index (χ4n) is 2.12. The topological polar surface area (TPSA) is 15.3 Å². The zero-order chi connectivity index (χ0) is 10.4. The summed E-state index contributed by atoms with van der Waals surface area (Å²) in [5, 5.41) is 3.68. The highest BCUT2D eigenvalue weighted by Gasteiger charge is 2.22. The molecule has 1 aliphatic rings. The van der Waals surface area contributed by atoms with E-state index in [1.807, 2.05) is 11.8 Å². The lowest BCUT2D eigenvalue weighted by Gasteiger charge is -2.35. The number of nitrogens with zero attached hydrogens (tertiary/aromatic N) is 1. The van der Waals surface area contributed by atoms with Gasteiger partial charge in [0.05, 0.1) is 0 Å². The van der Waals surface area contributed by atoms with Crippen LogP contribution in [-0.4, -0.2) is 49.1 Å². The van der Waals surface area contributed by atoms with Gasteiger partial charge in [0.2, 0.25) is 0 Å². The van der Waals surface area contributed by atoms with Gasteiger partial charge in [-0.25, -0.2) is 0 Å². The van der Waals surface area contributed by atoms with Gasteiger partial charge in [-0.1, -0.05) is 13.8 Å². The summed E-state index contributed by atoms with van der Waals surface area (Å²) in [4.78, 5) is 2.43. The molecule has 0 aromatic rings. The van der Waals surface area contributed by atoms with Crippen molar-refractivity contribution in [2.75, 3.05) is 38.2 Å². The minimum atomic E-state index is 0.753. The third kappa shape index (κ3) is 4.20. The standard InChI is InChI=1S/C11H24N2S/c1-4-14-8-6-12-11-5-7-13(3)9-10(11)2/h10-12H,4-9H2,1-3H3. The zero-order valence-electron chi connectivity index (χ0n) is 9.75. The van der Waals surface area contributed by atoms with Crippen LogP contribution in [0, 0.1) is 5.92 Å². The summed E-state index contributed by atoms with van der Waals surface area (Å²) in [5.41, 5.74) is 0. The van der Waals surface area contributed by atoms with E-state index in [1.54, 1.807) is 0 Å². The molecule has 0 aliphatic carbocycles. The summed E-state index contributed by atoms with van der Waals surface area (Å²) in [7, 11) is 2.22. The fourth-order valence-corrected chi connectivity index (χ4v) is 2.67. The first-order chi connectivity index (χ1) is 6.74. The van der Waals surface area contributed by atoms with Crippen LogP contribution in [0.3, 0.4) is 0 Å². The largest absolute Gasteiger partial charge is 0.313 e. The number of hydrogen-bond acceptors (Lipinski definition) is 3. The van der Waals surface area contributed by atoms with Gasteiger partial charge in [-0.15, -0.1) is 0 Å². The second-order valence-electron chi connectivity index (χ2n) is 4.29. The average Bonchev–Trinajstić information content (AvgIpc) is 2.15. The van der Waals surface area contributed by atoms with Crippen molar-refractivity contribution in [1.29, 1.82) is 0 Å². The van der Waals surface area contributed by atoms with Crippen LogP contribution in [0.4, 0.5) is 0 Å². The molecule has 14 heavy (non-hydrogen) atoms. The van der Waals surface area contributed by atoms with Crippen LogP contribution in [0.1, 0.15) is 20.3 Å². The Balaban J connectivity index is 2.11. The lowest BCUT2D eigenvalue weighted by Crippen LogP contribution is -2.47. The molecule has 0 saturated carbocycles. The van der Waals surface area contributed by atoms with Gasteiger partial charge < -0.3 is 10.2 Å². The zero-order valence-corrected chi connectivity index (χ0v) is 10.6. The highest BCUT2D eigenvalue weighted by molar-refractivity contribution is 7.99. The SMILES string of the molecule is CCSCCNC1CCN(C)CC1C. The predicted octanol–water partition coefficient (Wildman–Crippen LogP) is 1.67. The molecule has 2 nitrogen and oxygen atoms in total. The quantitative estimate of drug-likeness (QED) is 0.704. The van der Waals surface area contributed by atoms with Gasteiger partial charge >= 0.3 is 0 Å². The first-order valence-corrected chi connectivity index (χ1v) is 6.89. The van der Waals surface area contributed by atoms with Crippen molar-refractivity contribution in [2.45, 2.75) is 26.3 Å². The highest BCUT2D eigenvalue weighted by atomic mass is 32.2. The molecule has 1 saturated heterocycles. The number of nitrogens with one attached hydrogen (secondary N) is 1. The summed E-state index contributed by atoms with van der Waals surface area (Å²) < 4.78 is 0. The maximum Gasteiger partial charge on any atom is 0.0117 e. The summed E-state index contributed by atoms with van der Waals surface area (Å²) in [6.45, 7) is 8.27. The predicted molar refractivity (Wildman–Crippen MR) is 66.1 cm³/mol. The number of rotatable bonds is 5. The first kappa shape index (κ1) is 12.3. The van der Waals surface area contributed by atoms with E-state index in [4.69, 9.17) is 0 Å². The summed E-state index contributed by atoms with van der Waals surface area (Å²) in [5.74, 6) is 3.31. The average molecular weight is 216 g/mol. The molecule has 1 heterocycles. The van der Waals surface area contributed by atoms with E-state index >= 15 is 0 Å². The Morgan fingerprint density at radius 3 is 2.93 bits per heavy atom. The van der Waals surface area contributed by atoms with Gasteiger partial charge in [-0.2, -0.15) is 11.8 Å². The van der Waals surface area contributed by atoms with Crippen molar-refractivity contribution >= 4 is 11.8 Å². The van der Waals surface area contributed by atoms with E-state index in [2.05, 4.69) is 31.1 Å². The molecule has 1 fully saturated rings. The second kappa shape index (κ2) is 6.70. The molecule has 0 bridgehead atoms. The molecule has 3 heteroatoms. The smallest absolute Gasteiger partial charge is 0.0117 e. The monoisotopic (exact) mass is 216 g/mol. The van der Waals surface area contributed by atoms with Gasteiger partial charge in [-0.05, 0) is 31.7 Å². The number of hydrogen-bond donors (Lipinski definition) is 1. The fraction of sp³-hybridized carbons (Fsp3) is 1.00. The molecule has 0 aromatic heterocycles. The van der Waals surface area contributed by atoms with Gasteiger partial charge in [0, 0.05) is 24.9 Å². The van der Waals surface area contributed by atoms with Gasteiger partial charge in [0.1, 0.15) is 0 Å². The number of piperidine rings is 1. The van der Waals surface area contributed by atoms with Crippen LogP contribution in [-0.2, 0) is 0 Å². The van der Waals surface area contributed by atoms with Gasteiger partial charge in [0.15, 0.2) is 0 Å². The van der Waals surface area contributed by atoms with Crippen molar-refractivity contribution in [1.82, 2.24) is 10.2 Å². The summed E-state index contributed by atoms with van der Waals surface area (Å²) in [6, 6.07) is 0.753. The van der Waals surface area contributed by atoms with E-state index in [0.717, 1.165) is 12.0 Å². The Bertz CT molecular complexity index is 152. The molecule has 0 spiro atoms. The van der Waals surface area contributed by atoms with E-state index in [0.29, 0.717) is 0 Å². The van der Waals surface area contributed by atoms with E-state index < -0.39 is 0 Å². The maximum atomic E-state index is 3.68. The Hall–Kier alpha value is 0.270.